The predicted octanol–water partition coefficient (Wildman–Crippen LogP) is 2.45. The molecule has 1 unspecified atom stereocenters. The second-order valence-corrected chi connectivity index (χ2v) is 6.01. The van der Waals surface area contributed by atoms with Gasteiger partial charge in [0.25, 0.3) is 0 Å². The minimum Gasteiger partial charge on any atom is -0.360 e. The highest BCUT2D eigenvalue weighted by Crippen LogP contribution is 2.28. The van der Waals surface area contributed by atoms with Crippen molar-refractivity contribution < 1.29 is 4.79 Å². The van der Waals surface area contributed by atoms with Gasteiger partial charge < -0.3 is 15.5 Å². The number of hydrogen-bond acceptors (Lipinski definition) is 3. The third kappa shape index (κ3) is 3.73. The van der Waals surface area contributed by atoms with Crippen LogP contribution in [0.1, 0.15) is 31.9 Å². The first-order valence-corrected chi connectivity index (χ1v) is 7.95. The van der Waals surface area contributed by atoms with E-state index in [1.54, 1.807) is 0 Å². The van der Waals surface area contributed by atoms with Crippen LogP contribution in [0.3, 0.4) is 0 Å². The van der Waals surface area contributed by atoms with E-state index < -0.39 is 0 Å². The molecule has 5 heteroatoms. The summed E-state index contributed by atoms with van der Waals surface area (Å²) in [5.74, 6) is 0.0921. The summed E-state index contributed by atoms with van der Waals surface area (Å²) in [7, 11) is 0. The molecule has 110 valence electrons. The van der Waals surface area contributed by atoms with Gasteiger partial charge in [-0.1, -0.05) is 28.9 Å². The average molecular weight is 340 g/mol. The van der Waals surface area contributed by atoms with E-state index in [1.165, 1.54) is 5.56 Å². The van der Waals surface area contributed by atoms with Crippen LogP contribution in [-0.2, 0) is 4.79 Å². The van der Waals surface area contributed by atoms with Crippen molar-refractivity contribution >= 4 is 27.5 Å². The maximum atomic E-state index is 11.5. The molecule has 0 spiro atoms. The van der Waals surface area contributed by atoms with Gasteiger partial charge in [0.1, 0.15) is 0 Å². The van der Waals surface area contributed by atoms with Crippen molar-refractivity contribution in [2.75, 3.05) is 31.1 Å². The molecular weight excluding hydrogens is 318 g/mol. The van der Waals surface area contributed by atoms with E-state index >= 15 is 0 Å². The lowest BCUT2D eigenvalue weighted by atomic mass is 10.1. The smallest absolute Gasteiger partial charge is 0.239 e. The molecule has 1 aromatic rings. The Balaban J connectivity index is 2.10. The average Bonchev–Trinajstić information content (AvgIpc) is 2.44. The van der Waals surface area contributed by atoms with E-state index in [0.29, 0.717) is 19.1 Å². The summed E-state index contributed by atoms with van der Waals surface area (Å²) >= 11 is 3.65. The van der Waals surface area contributed by atoms with Crippen molar-refractivity contribution in [3.63, 3.8) is 0 Å². The monoisotopic (exact) mass is 339 g/mol. The van der Waals surface area contributed by atoms with Crippen molar-refractivity contribution in [3.05, 3.63) is 28.2 Å². The Morgan fingerprint density at radius 2 is 2.30 bits per heavy atom. The zero-order chi connectivity index (χ0) is 14.5. The van der Waals surface area contributed by atoms with Crippen molar-refractivity contribution in [1.82, 2.24) is 10.6 Å². The molecule has 20 heavy (non-hydrogen) atoms. The Morgan fingerprint density at radius 1 is 1.50 bits per heavy atom. The fourth-order valence-electron chi connectivity index (χ4n) is 2.39. The molecule has 1 fully saturated rings. The van der Waals surface area contributed by atoms with Crippen molar-refractivity contribution in [2.45, 2.75) is 26.3 Å². The Bertz CT molecular complexity index is 478. The normalized spacial score (nSPS) is 16.9. The van der Waals surface area contributed by atoms with Gasteiger partial charge in [0, 0.05) is 29.3 Å². The zero-order valence-corrected chi connectivity index (χ0v) is 13.7. The number of carbonyl (C=O) groups is 1. The Labute approximate surface area is 129 Å². The minimum atomic E-state index is 0.0921. The maximum absolute atomic E-state index is 11.5. The van der Waals surface area contributed by atoms with E-state index in [1.807, 2.05) is 0 Å². The summed E-state index contributed by atoms with van der Waals surface area (Å²) in [5.41, 5.74) is 2.35. The zero-order valence-electron chi connectivity index (χ0n) is 12.1. The van der Waals surface area contributed by atoms with E-state index in [0.717, 1.165) is 29.7 Å². The summed E-state index contributed by atoms with van der Waals surface area (Å²) in [6.07, 6.45) is 1.13. The molecular formula is C15H22BrN3O. The van der Waals surface area contributed by atoms with Gasteiger partial charge in [0.15, 0.2) is 0 Å². The third-order valence-corrected chi connectivity index (χ3v) is 4.24. The van der Waals surface area contributed by atoms with Crippen molar-refractivity contribution in [1.29, 1.82) is 0 Å². The molecule has 0 bridgehead atoms. The van der Waals surface area contributed by atoms with Crippen LogP contribution in [0.25, 0.3) is 0 Å². The van der Waals surface area contributed by atoms with Gasteiger partial charge in [0.2, 0.25) is 5.91 Å². The van der Waals surface area contributed by atoms with Gasteiger partial charge in [0.05, 0.1) is 6.54 Å². The number of nitrogens with one attached hydrogen (secondary N) is 2. The molecule has 1 saturated heterocycles. The second-order valence-electron chi connectivity index (χ2n) is 5.15. The number of rotatable bonds is 5. The van der Waals surface area contributed by atoms with Crippen LogP contribution >= 0.6 is 15.9 Å². The summed E-state index contributed by atoms with van der Waals surface area (Å²) in [6.45, 7) is 7.37. The lowest BCUT2D eigenvalue weighted by Gasteiger charge is -2.29. The minimum absolute atomic E-state index is 0.0921. The van der Waals surface area contributed by atoms with Gasteiger partial charge in [-0.05, 0) is 37.6 Å². The molecule has 1 aromatic carbocycles. The van der Waals surface area contributed by atoms with Gasteiger partial charge >= 0.3 is 0 Å². The summed E-state index contributed by atoms with van der Waals surface area (Å²) in [5, 5.41) is 6.33. The van der Waals surface area contributed by atoms with Gasteiger partial charge in [-0.15, -0.1) is 0 Å². The molecule has 1 atom stereocenters. The standard InChI is InChI=1S/C15H22BrN3O/c1-3-6-17-11(2)13-5-4-12(9-14(13)16)19-8-7-18-15(20)10-19/h4-5,9,11,17H,3,6-8,10H2,1-2H3,(H,18,20). The molecule has 0 aliphatic carbocycles. The first-order valence-electron chi connectivity index (χ1n) is 7.16. The molecule has 1 heterocycles. The van der Waals surface area contributed by atoms with Crippen LogP contribution in [0.4, 0.5) is 5.69 Å². The second kappa shape index (κ2) is 7.09. The van der Waals surface area contributed by atoms with E-state index in [2.05, 4.69) is 63.5 Å². The van der Waals surface area contributed by atoms with Crippen LogP contribution in [0, 0.1) is 0 Å². The summed E-state index contributed by atoms with van der Waals surface area (Å²) < 4.78 is 1.09. The number of amides is 1. The van der Waals surface area contributed by atoms with Crippen molar-refractivity contribution in [3.8, 4) is 0 Å². The highest BCUT2D eigenvalue weighted by atomic mass is 79.9. The van der Waals surface area contributed by atoms with Crippen LogP contribution in [0.5, 0.6) is 0 Å². The first-order chi connectivity index (χ1) is 9.61. The third-order valence-electron chi connectivity index (χ3n) is 3.55. The molecule has 0 saturated carbocycles. The quantitative estimate of drug-likeness (QED) is 0.865. The maximum Gasteiger partial charge on any atom is 0.239 e. The number of anilines is 1. The first kappa shape index (κ1) is 15.3. The van der Waals surface area contributed by atoms with Gasteiger partial charge in [-0.25, -0.2) is 0 Å². The number of halogens is 1. The van der Waals surface area contributed by atoms with E-state index in [4.69, 9.17) is 0 Å². The lowest BCUT2D eigenvalue weighted by molar-refractivity contribution is -0.120. The highest BCUT2D eigenvalue weighted by Gasteiger charge is 2.18. The summed E-state index contributed by atoms with van der Waals surface area (Å²) in [4.78, 5) is 13.6. The number of benzene rings is 1. The molecule has 2 rings (SSSR count). The molecule has 1 amide bonds. The molecule has 0 radical (unpaired) electrons. The van der Waals surface area contributed by atoms with Crippen LogP contribution in [0.15, 0.2) is 22.7 Å². The largest absolute Gasteiger partial charge is 0.360 e. The molecule has 1 aliphatic rings. The fourth-order valence-corrected chi connectivity index (χ4v) is 3.10. The Morgan fingerprint density at radius 3 is 2.95 bits per heavy atom. The lowest BCUT2D eigenvalue weighted by Crippen LogP contribution is -2.47. The van der Waals surface area contributed by atoms with Crippen LogP contribution in [0.2, 0.25) is 0 Å². The SMILES string of the molecule is CCCNC(C)c1ccc(N2CCNC(=O)C2)cc1Br. The van der Waals surface area contributed by atoms with Gasteiger partial charge in [-0.2, -0.15) is 0 Å². The highest BCUT2D eigenvalue weighted by molar-refractivity contribution is 9.10. The summed E-state index contributed by atoms with van der Waals surface area (Å²) in [6, 6.07) is 6.67. The molecule has 2 N–H and O–H groups in total. The number of piperazine rings is 1. The molecule has 4 nitrogen and oxygen atoms in total. The van der Waals surface area contributed by atoms with Crippen LogP contribution < -0.4 is 15.5 Å². The molecule has 1 aliphatic heterocycles. The van der Waals surface area contributed by atoms with Gasteiger partial charge in [-0.3, -0.25) is 4.79 Å². The Kier molecular flexibility index (Phi) is 5.43. The van der Waals surface area contributed by atoms with E-state index in [-0.39, 0.29) is 5.91 Å². The number of carbonyl (C=O) groups excluding carboxylic acids is 1. The fraction of sp³-hybridized carbons (Fsp3) is 0.533. The topological polar surface area (TPSA) is 44.4 Å². The number of nitrogens with zero attached hydrogens (tertiary/aromatic N) is 1. The number of hydrogen-bond donors (Lipinski definition) is 2. The molecule has 0 aromatic heterocycles. The Hall–Kier alpha value is -1.07. The van der Waals surface area contributed by atoms with Crippen LogP contribution in [-0.4, -0.2) is 32.1 Å². The van der Waals surface area contributed by atoms with E-state index in [9.17, 15) is 4.79 Å². The van der Waals surface area contributed by atoms with Crippen molar-refractivity contribution in [2.24, 2.45) is 0 Å². The predicted molar refractivity (Wildman–Crippen MR) is 86.1 cm³/mol.